The van der Waals surface area contributed by atoms with E-state index < -0.39 is 7.18 Å². The zero-order valence-electron chi connectivity index (χ0n) is 8.72. The highest BCUT2D eigenvalue weighted by Gasteiger charge is 2.33. The maximum Gasteiger partial charge on any atom is 0.416 e. The van der Waals surface area contributed by atoms with E-state index in [1.54, 1.807) is 0 Å². The molecule has 0 unspecified atom stereocenters. The van der Waals surface area contributed by atoms with Gasteiger partial charge >= 0.3 is 7.18 Å². The molecule has 14 heavy (non-hydrogen) atoms. The van der Waals surface area contributed by atoms with Gasteiger partial charge in [0.25, 0.3) is 0 Å². The molecule has 0 aliphatic carbocycles. The molecule has 0 aromatic rings. The fourth-order valence-electron chi connectivity index (χ4n) is 0.968. The molecule has 0 heterocycles. The third-order valence-electron chi connectivity index (χ3n) is 1.49. The average molecular weight is 306 g/mol. The van der Waals surface area contributed by atoms with Crippen molar-refractivity contribution in [2.75, 3.05) is 32.3 Å². The molecule has 0 aromatic heterocycles. The van der Waals surface area contributed by atoms with Crippen LogP contribution in [0.3, 0.4) is 0 Å². The van der Waals surface area contributed by atoms with Gasteiger partial charge in [-0.1, -0.05) is 15.3 Å². The zero-order chi connectivity index (χ0) is 10.9. The van der Waals surface area contributed by atoms with Crippen LogP contribution in [-0.4, -0.2) is 39.5 Å². The van der Waals surface area contributed by atoms with E-state index >= 15 is 0 Å². The zero-order valence-corrected chi connectivity index (χ0v) is 12.1. The highest BCUT2D eigenvalue weighted by molar-refractivity contribution is 9.25. The molecule has 0 atom stereocenters. The molecule has 0 amide bonds. The molecule has 0 rings (SSSR count). The van der Waals surface area contributed by atoms with Crippen LogP contribution in [0.25, 0.3) is 0 Å². The fourth-order valence-corrected chi connectivity index (χ4v) is 4.56. The van der Waals surface area contributed by atoms with Crippen LogP contribution in [0.1, 0.15) is 13.8 Å². The standard InChI is InChI=1S/C8H18BrClO3Si/c1-3-12-14(9,13-4-2)8-7-11-6-5-10/h3-8H2,1-2H3. The Morgan fingerprint density at radius 3 is 2.14 bits per heavy atom. The first kappa shape index (κ1) is 14.9. The number of hydrogen-bond donors (Lipinski definition) is 0. The molecule has 0 fully saturated rings. The number of rotatable bonds is 9. The van der Waals surface area contributed by atoms with E-state index in [0.29, 0.717) is 32.3 Å². The minimum atomic E-state index is -2.15. The van der Waals surface area contributed by atoms with E-state index in [9.17, 15) is 0 Å². The smallest absolute Gasteiger partial charge is 0.387 e. The van der Waals surface area contributed by atoms with Crippen LogP contribution < -0.4 is 0 Å². The second-order valence-electron chi connectivity index (χ2n) is 2.58. The predicted molar refractivity (Wildman–Crippen MR) is 64.3 cm³/mol. The highest BCUT2D eigenvalue weighted by Crippen LogP contribution is 2.21. The molecular weight excluding hydrogens is 288 g/mol. The highest BCUT2D eigenvalue weighted by atomic mass is 79.9. The third-order valence-corrected chi connectivity index (χ3v) is 6.44. The van der Waals surface area contributed by atoms with Gasteiger partial charge in [-0.05, 0) is 13.8 Å². The van der Waals surface area contributed by atoms with E-state index in [0.717, 1.165) is 6.04 Å². The van der Waals surface area contributed by atoms with Crippen LogP contribution >= 0.6 is 26.9 Å². The number of hydrogen-bond acceptors (Lipinski definition) is 3. The van der Waals surface area contributed by atoms with Gasteiger partial charge in [0, 0.05) is 31.7 Å². The normalized spacial score (nSPS) is 12.0. The summed E-state index contributed by atoms with van der Waals surface area (Å²) in [6.45, 7) is 6.45. The van der Waals surface area contributed by atoms with Crippen molar-refractivity contribution in [3.8, 4) is 0 Å². The molecule has 0 spiro atoms. The molecule has 0 radical (unpaired) electrons. The predicted octanol–water partition coefficient (Wildman–Crippen LogP) is 2.65. The largest absolute Gasteiger partial charge is 0.416 e. The van der Waals surface area contributed by atoms with E-state index in [1.807, 2.05) is 13.8 Å². The maximum atomic E-state index is 5.57. The molecule has 86 valence electrons. The second-order valence-corrected chi connectivity index (χ2v) is 8.98. The minimum Gasteiger partial charge on any atom is -0.387 e. The van der Waals surface area contributed by atoms with Crippen molar-refractivity contribution in [2.24, 2.45) is 0 Å². The van der Waals surface area contributed by atoms with Gasteiger partial charge in [0.15, 0.2) is 0 Å². The maximum absolute atomic E-state index is 5.57. The molecule has 0 saturated carbocycles. The van der Waals surface area contributed by atoms with E-state index in [-0.39, 0.29) is 0 Å². The summed E-state index contributed by atoms with van der Waals surface area (Å²) in [6, 6.07) is 0.783. The summed E-state index contributed by atoms with van der Waals surface area (Å²) >= 11 is 9.03. The summed E-state index contributed by atoms with van der Waals surface area (Å²) < 4.78 is 16.4. The van der Waals surface area contributed by atoms with Gasteiger partial charge in [0.05, 0.1) is 6.61 Å². The van der Waals surface area contributed by atoms with Gasteiger partial charge < -0.3 is 13.6 Å². The van der Waals surface area contributed by atoms with Crippen molar-refractivity contribution in [2.45, 2.75) is 19.9 Å². The van der Waals surface area contributed by atoms with Crippen LogP contribution in [0, 0.1) is 0 Å². The lowest BCUT2D eigenvalue weighted by atomic mass is 10.8. The molecular formula is C8H18BrClO3Si. The van der Waals surface area contributed by atoms with Crippen LogP contribution in [0.2, 0.25) is 6.04 Å². The van der Waals surface area contributed by atoms with Gasteiger partial charge in [0.1, 0.15) is 0 Å². The number of ether oxygens (including phenoxy) is 1. The average Bonchev–Trinajstić information content (AvgIpc) is 2.13. The SMILES string of the molecule is CCO[Si](Br)(CCOCCCl)OCC. The van der Waals surface area contributed by atoms with Gasteiger partial charge in [-0.25, -0.2) is 0 Å². The Morgan fingerprint density at radius 2 is 1.71 bits per heavy atom. The lowest BCUT2D eigenvalue weighted by Crippen LogP contribution is -2.36. The molecule has 0 bridgehead atoms. The summed E-state index contributed by atoms with van der Waals surface area (Å²) in [5, 5.41) is 0. The molecule has 6 heteroatoms. The Bertz CT molecular complexity index is 134. The first-order chi connectivity index (χ1) is 6.68. The first-order valence-electron chi connectivity index (χ1n) is 4.79. The molecule has 0 saturated heterocycles. The summed E-state index contributed by atoms with van der Waals surface area (Å²) in [4.78, 5) is 0. The molecule has 0 aliphatic heterocycles. The molecule has 0 aliphatic rings. The Labute approximate surface area is 99.9 Å². The van der Waals surface area contributed by atoms with Gasteiger partial charge in [-0.15, -0.1) is 11.6 Å². The van der Waals surface area contributed by atoms with E-state index in [2.05, 4.69) is 15.3 Å². The summed E-state index contributed by atoms with van der Waals surface area (Å²) in [5.41, 5.74) is 0. The van der Waals surface area contributed by atoms with Crippen molar-refractivity contribution >= 4 is 34.1 Å². The van der Waals surface area contributed by atoms with Crippen molar-refractivity contribution in [3.63, 3.8) is 0 Å². The Hall–Kier alpha value is 0.867. The summed E-state index contributed by atoms with van der Waals surface area (Å²) in [7, 11) is -2.15. The van der Waals surface area contributed by atoms with Crippen molar-refractivity contribution in [1.29, 1.82) is 0 Å². The topological polar surface area (TPSA) is 27.7 Å². The fraction of sp³-hybridized carbons (Fsp3) is 1.00. The monoisotopic (exact) mass is 304 g/mol. The Morgan fingerprint density at radius 1 is 1.14 bits per heavy atom. The van der Waals surface area contributed by atoms with Crippen molar-refractivity contribution in [3.05, 3.63) is 0 Å². The summed E-state index contributed by atoms with van der Waals surface area (Å²) in [5.74, 6) is 0.528. The lowest BCUT2D eigenvalue weighted by molar-refractivity contribution is 0.145. The van der Waals surface area contributed by atoms with Crippen LogP contribution in [0.15, 0.2) is 0 Å². The van der Waals surface area contributed by atoms with Crippen LogP contribution in [0.4, 0.5) is 0 Å². The van der Waals surface area contributed by atoms with E-state index in [1.165, 1.54) is 0 Å². The Balaban J connectivity index is 3.71. The second kappa shape index (κ2) is 9.12. The number of alkyl halides is 1. The van der Waals surface area contributed by atoms with Crippen LogP contribution in [-0.2, 0) is 13.6 Å². The van der Waals surface area contributed by atoms with Gasteiger partial charge in [-0.3, -0.25) is 0 Å². The molecule has 3 nitrogen and oxygen atoms in total. The summed E-state index contributed by atoms with van der Waals surface area (Å²) in [6.07, 6.45) is 0. The van der Waals surface area contributed by atoms with Crippen molar-refractivity contribution < 1.29 is 13.6 Å². The van der Waals surface area contributed by atoms with Crippen LogP contribution in [0.5, 0.6) is 0 Å². The van der Waals surface area contributed by atoms with E-state index in [4.69, 9.17) is 25.2 Å². The molecule has 0 N–H and O–H groups in total. The first-order valence-corrected chi connectivity index (χ1v) is 9.60. The third kappa shape index (κ3) is 7.20. The van der Waals surface area contributed by atoms with Gasteiger partial charge in [-0.2, -0.15) is 0 Å². The van der Waals surface area contributed by atoms with Crippen molar-refractivity contribution in [1.82, 2.24) is 0 Å². The Kier molecular flexibility index (Phi) is 9.68. The minimum absolute atomic E-state index is 0.528. The molecule has 0 aromatic carbocycles. The number of halogens is 2. The van der Waals surface area contributed by atoms with Gasteiger partial charge in [0.2, 0.25) is 0 Å². The lowest BCUT2D eigenvalue weighted by Gasteiger charge is -2.23. The quantitative estimate of drug-likeness (QED) is 0.284.